The summed E-state index contributed by atoms with van der Waals surface area (Å²) in [5, 5.41) is 4.88. The highest BCUT2D eigenvalue weighted by atomic mass is 35.5. The minimum Gasteiger partial charge on any atom is -0.354 e. The molecule has 2 amide bonds. The van der Waals surface area contributed by atoms with Crippen molar-refractivity contribution in [3.63, 3.8) is 0 Å². The summed E-state index contributed by atoms with van der Waals surface area (Å²) in [6.07, 6.45) is 1.17. The molecular weight excluding hydrogens is 570 g/mol. The van der Waals surface area contributed by atoms with Crippen LogP contribution in [0.2, 0.25) is 20.1 Å². The number of hydrogen-bond donors (Lipinski definition) is 1. The molecule has 9 heteroatoms. The van der Waals surface area contributed by atoms with Gasteiger partial charge in [0.25, 0.3) is 0 Å². The van der Waals surface area contributed by atoms with Gasteiger partial charge in [0.1, 0.15) is 6.04 Å². The number of benzene rings is 3. The molecule has 0 fully saturated rings. The Kier molecular flexibility index (Phi) is 11.9. The Hall–Kier alpha value is -1.89. The minimum absolute atomic E-state index is 0.163. The molecule has 0 bridgehead atoms. The highest BCUT2D eigenvalue weighted by Gasteiger charge is 2.30. The zero-order valence-corrected chi connectivity index (χ0v) is 24.2. The molecule has 196 valence electrons. The van der Waals surface area contributed by atoms with E-state index in [9.17, 15) is 9.59 Å². The molecule has 0 aliphatic carbocycles. The molecular formula is C28H28Cl4N2O2S. The van der Waals surface area contributed by atoms with E-state index in [1.807, 2.05) is 43.3 Å². The van der Waals surface area contributed by atoms with Gasteiger partial charge in [0.2, 0.25) is 11.8 Å². The average molecular weight is 598 g/mol. The Balaban J connectivity index is 1.86. The number of nitrogens with zero attached hydrogens (tertiary/aromatic N) is 1. The van der Waals surface area contributed by atoms with E-state index in [-0.39, 0.29) is 24.1 Å². The highest BCUT2D eigenvalue weighted by molar-refractivity contribution is 7.99. The molecule has 0 aliphatic rings. The van der Waals surface area contributed by atoms with Crippen molar-refractivity contribution < 1.29 is 9.59 Å². The van der Waals surface area contributed by atoms with Crippen LogP contribution in [0.1, 0.15) is 30.0 Å². The highest BCUT2D eigenvalue weighted by Crippen LogP contribution is 2.27. The molecule has 3 aromatic carbocycles. The van der Waals surface area contributed by atoms with Crippen molar-refractivity contribution in [2.24, 2.45) is 0 Å². The van der Waals surface area contributed by atoms with E-state index in [1.54, 1.807) is 35.2 Å². The average Bonchev–Trinajstić information content (AvgIpc) is 2.88. The maximum atomic E-state index is 13.7. The maximum absolute atomic E-state index is 13.7. The number of rotatable bonds is 12. The summed E-state index contributed by atoms with van der Waals surface area (Å²) in [5.41, 5.74) is 2.64. The normalized spacial score (nSPS) is 11.7. The molecule has 4 nitrogen and oxygen atoms in total. The second-order valence-electron chi connectivity index (χ2n) is 8.50. The van der Waals surface area contributed by atoms with E-state index in [1.165, 1.54) is 11.8 Å². The molecule has 0 aromatic heterocycles. The van der Waals surface area contributed by atoms with E-state index in [2.05, 4.69) is 5.32 Å². The number of carbonyl (C=O) groups is 2. The van der Waals surface area contributed by atoms with Crippen LogP contribution < -0.4 is 5.32 Å². The quantitative estimate of drug-likeness (QED) is 0.233. The van der Waals surface area contributed by atoms with Crippen LogP contribution in [0.15, 0.2) is 66.7 Å². The van der Waals surface area contributed by atoms with Gasteiger partial charge in [-0.25, -0.2) is 0 Å². The lowest BCUT2D eigenvalue weighted by molar-refractivity contribution is -0.139. The second-order valence-corrected chi connectivity index (χ2v) is 11.1. The first-order valence-corrected chi connectivity index (χ1v) is 14.5. The first-order valence-electron chi connectivity index (χ1n) is 11.8. The zero-order valence-electron chi connectivity index (χ0n) is 20.4. The van der Waals surface area contributed by atoms with Gasteiger partial charge < -0.3 is 10.2 Å². The third-order valence-corrected chi connectivity index (χ3v) is 7.97. The number of thioether (sulfide) groups is 1. The van der Waals surface area contributed by atoms with Crippen LogP contribution in [-0.2, 0) is 28.3 Å². The topological polar surface area (TPSA) is 49.4 Å². The van der Waals surface area contributed by atoms with Crippen molar-refractivity contribution in [2.75, 3.05) is 12.3 Å². The summed E-state index contributed by atoms with van der Waals surface area (Å²) in [6, 6.07) is 19.5. The molecule has 3 rings (SSSR count). The Morgan fingerprint density at radius 3 is 2.32 bits per heavy atom. The summed E-state index contributed by atoms with van der Waals surface area (Å²) in [7, 11) is 0. The van der Waals surface area contributed by atoms with Gasteiger partial charge >= 0.3 is 0 Å². The maximum Gasteiger partial charge on any atom is 0.243 e. The number of amides is 2. The predicted octanol–water partition coefficient (Wildman–Crippen LogP) is 7.70. The molecule has 0 saturated carbocycles. The largest absolute Gasteiger partial charge is 0.354 e. The van der Waals surface area contributed by atoms with E-state index >= 15 is 0 Å². The SMILES string of the molecule is CCCNC(=O)[C@H](Cc1ccccc1)N(Cc1ccc(Cl)cc1Cl)C(=O)CSCc1ccc(Cl)c(Cl)c1. The van der Waals surface area contributed by atoms with Crippen LogP contribution >= 0.6 is 58.2 Å². The number of nitrogens with one attached hydrogen (secondary N) is 1. The lowest BCUT2D eigenvalue weighted by atomic mass is 10.0. The first kappa shape index (κ1) is 29.7. The standard InChI is InChI=1S/C28H28Cl4N2O2S/c1-2-12-33-28(36)26(14-19-6-4-3-5-7-19)34(16-21-9-10-22(29)15-24(21)31)27(35)18-37-17-20-8-11-23(30)25(32)13-20/h3-11,13,15,26H,2,12,14,16-18H2,1H3,(H,33,36)/t26-/m0/s1. The van der Waals surface area contributed by atoms with Gasteiger partial charge in [0.05, 0.1) is 15.8 Å². The molecule has 1 N–H and O–H groups in total. The van der Waals surface area contributed by atoms with Gasteiger partial charge in [-0.2, -0.15) is 0 Å². The summed E-state index contributed by atoms with van der Waals surface area (Å²) in [4.78, 5) is 28.6. The lowest BCUT2D eigenvalue weighted by Crippen LogP contribution is -2.51. The van der Waals surface area contributed by atoms with Crippen molar-refractivity contribution >= 4 is 70.0 Å². The Bertz CT molecular complexity index is 1210. The lowest BCUT2D eigenvalue weighted by Gasteiger charge is -2.32. The van der Waals surface area contributed by atoms with Crippen LogP contribution in [0.25, 0.3) is 0 Å². The van der Waals surface area contributed by atoms with E-state index in [4.69, 9.17) is 46.4 Å². The van der Waals surface area contributed by atoms with Gasteiger partial charge in [-0.05, 0) is 47.4 Å². The third-order valence-electron chi connectivity index (χ3n) is 5.65. The Morgan fingerprint density at radius 1 is 0.892 bits per heavy atom. The number of halogens is 4. The van der Waals surface area contributed by atoms with Gasteiger partial charge in [0, 0.05) is 35.3 Å². The fourth-order valence-electron chi connectivity index (χ4n) is 3.72. The van der Waals surface area contributed by atoms with Gasteiger partial charge in [-0.1, -0.05) is 95.8 Å². The molecule has 1 atom stereocenters. The molecule has 0 unspecified atom stereocenters. The Labute approximate surface area is 242 Å². The summed E-state index contributed by atoms with van der Waals surface area (Å²) in [6.45, 7) is 2.70. The monoisotopic (exact) mass is 596 g/mol. The minimum atomic E-state index is -0.709. The van der Waals surface area contributed by atoms with Crippen LogP contribution in [0.5, 0.6) is 0 Å². The van der Waals surface area contributed by atoms with Crippen molar-refractivity contribution in [3.05, 3.63) is 104 Å². The molecule has 0 heterocycles. The summed E-state index contributed by atoms with van der Waals surface area (Å²) in [5.74, 6) is 0.392. The van der Waals surface area contributed by atoms with Gasteiger partial charge in [-0.15, -0.1) is 11.8 Å². The number of carbonyl (C=O) groups excluding carboxylic acids is 2. The van der Waals surface area contributed by atoms with Crippen molar-refractivity contribution in [1.82, 2.24) is 10.2 Å². The first-order chi connectivity index (χ1) is 17.8. The number of hydrogen-bond acceptors (Lipinski definition) is 3. The second kappa shape index (κ2) is 14.9. The fraction of sp³-hybridized carbons (Fsp3) is 0.286. The van der Waals surface area contributed by atoms with Crippen molar-refractivity contribution in [2.45, 2.75) is 38.1 Å². The molecule has 0 saturated heterocycles. The molecule has 3 aromatic rings. The van der Waals surface area contributed by atoms with Gasteiger partial charge in [0.15, 0.2) is 0 Å². The van der Waals surface area contributed by atoms with E-state index in [0.29, 0.717) is 38.8 Å². The van der Waals surface area contributed by atoms with E-state index < -0.39 is 6.04 Å². The third kappa shape index (κ3) is 9.12. The van der Waals surface area contributed by atoms with Crippen LogP contribution in [0.3, 0.4) is 0 Å². The van der Waals surface area contributed by atoms with Crippen LogP contribution in [0, 0.1) is 0 Å². The van der Waals surface area contributed by atoms with E-state index in [0.717, 1.165) is 23.1 Å². The molecule has 0 aliphatic heterocycles. The van der Waals surface area contributed by atoms with Gasteiger partial charge in [-0.3, -0.25) is 9.59 Å². The Morgan fingerprint density at radius 2 is 1.65 bits per heavy atom. The predicted molar refractivity (Wildman–Crippen MR) is 157 cm³/mol. The summed E-state index contributed by atoms with van der Waals surface area (Å²) >= 11 is 26.2. The zero-order chi connectivity index (χ0) is 26.8. The van der Waals surface area contributed by atoms with Crippen LogP contribution in [0.4, 0.5) is 0 Å². The smallest absolute Gasteiger partial charge is 0.243 e. The van der Waals surface area contributed by atoms with Crippen molar-refractivity contribution in [1.29, 1.82) is 0 Å². The fourth-order valence-corrected chi connectivity index (χ4v) is 5.37. The summed E-state index contributed by atoms with van der Waals surface area (Å²) < 4.78 is 0. The molecule has 37 heavy (non-hydrogen) atoms. The molecule has 0 spiro atoms. The van der Waals surface area contributed by atoms with Crippen LogP contribution in [-0.4, -0.2) is 35.1 Å². The van der Waals surface area contributed by atoms with Crippen molar-refractivity contribution in [3.8, 4) is 0 Å². The molecule has 0 radical (unpaired) electrons.